The number of carbonyl (C=O) groups is 1. The molecule has 128 valence electrons. The predicted octanol–water partition coefficient (Wildman–Crippen LogP) is 3.11. The fourth-order valence-corrected chi connectivity index (χ4v) is 2.08. The van der Waals surface area contributed by atoms with Crippen molar-refractivity contribution in [2.24, 2.45) is 0 Å². The first-order valence-corrected chi connectivity index (χ1v) is 7.93. The van der Waals surface area contributed by atoms with Gasteiger partial charge >= 0.3 is 6.03 Å². The van der Waals surface area contributed by atoms with Gasteiger partial charge < -0.3 is 15.2 Å². The average molecular weight is 338 g/mol. The van der Waals surface area contributed by atoms with E-state index in [-0.39, 0.29) is 18.0 Å². The lowest BCUT2D eigenvalue weighted by Gasteiger charge is -2.12. The fraction of sp³-hybridized carbons (Fsp3) is 0.235. The van der Waals surface area contributed by atoms with Gasteiger partial charge in [0.2, 0.25) is 5.82 Å². The lowest BCUT2D eigenvalue weighted by Crippen LogP contribution is -2.35. The molecular weight excluding hydrogens is 320 g/mol. The van der Waals surface area contributed by atoms with Gasteiger partial charge in [0.1, 0.15) is 5.69 Å². The largest absolute Gasteiger partial charge is 0.335 e. The first-order chi connectivity index (χ1) is 12.2. The van der Waals surface area contributed by atoms with Crippen LogP contribution in [0.25, 0.3) is 23.0 Å². The Morgan fingerprint density at radius 2 is 2.20 bits per heavy atom. The summed E-state index contributed by atoms with van der Waals surface area (Å²) in [5.74, 6) is 0.697. The second-order valence-corrected chi connectivity index (χ2v) is 5.50. The molecule has 2 aromatic heterocycles. The molecule has 3 aromatic rings. The number of hydrogen-bond acceptors (Lipinski definition) is 6. The molecular formula is C17H18N6O2. The minimum absolute atomic E-state index is 0.106. The molecule has 8 heteroatoms. The van der Waals surface area contributed by atoms with Crippen molar-refractivity contribution in [2.75, 3.05) is 5.32 Å². The smallest absolute Gasteiger partial charge is 0.319 e. The highest BCUT2D eigenvalue weighted by Crippen LogP contribution is 2.22. The van der Waals surface area contributed by atoms with E-state index in [1.54, 1.807) is 30.7 Å². The van der Waals surface area contributed by atoms with E-state index in [0.29, 0.717) is 17.2 Å². The Morgan fingerprint density at radius 1 is 1.32 bits per heavy atom. The Morgan fingerprint density at radius 3 is 2.96 bits per heavy atom. The highest BCUT2D eigenvalue weighted by Gasteiger charge is 2.12. The molecule has 0 saturated carbocycles. The number of hydrogen-bond donors (Lipinski definition) is 2. The van der Waals surface area contributed by atoms with E-state index >= 15 is 0 Å². The van der Waals surface area contributed by atoms with Gasteiger partial charge in [-0.25, -0.2) is 9.78 Å². The first-order valence-electron chi connectivity index (χ1n) is 7.93. The summed E-state index contributed by atoms with van der Waals surface area (Å²) in [6, 6.07) is 7.08. The standard InChI is InChI=1S/C17H18N6O2/c1-3-11(2)20-17(24)21-13-6-4-5-12(9-13)15-22-16(25-23-15)14-10-18-7-8-19-14/h4-11H,3H2,1-2H3,(H2,20,21,24)/t11-/m0/s1. The summed E-state index contributed by atoms with van der Waals surface area (Å²) in [5, 5.41) is 9.61. The van der Waals surface area contributed by atoms with Crippen molar-refractivity contribution in [3.8, 4) is 23.0 Å². The maximum Gasteiger partial charge on any atom is 0.319 e. The van der Waals surface area contributed by atoms with Gasteiger partial charge in [-0.05, 0) is 25.5 Å². The van der Waals surface area contributed by atoms with Crippen LogP contribution in [0.4, 0.5) is 10.5 Å². The van der Waals surface area contributed by atoms with Crippen LogP contribution in [0.1, 0.15) is 20.3 Å². The number of aromatic nitrogens is 4. The van der Waals surface area contributed by atoms with Crippen LogP contribution in [0.15, 0.2) is 47.4 Å². The van der Waals surface area contributed by atoms with Crippen LogP contribution < -0.4 is 10.6 Å². The minimum atomic E-state index is -0.250. The maximum absolute atomic E-state index is 11.9. The molecule has 1 aromatic carbocycles. The van der Waals surface area contributed by atoms with Crippen molar-refractivity contribution in [3.63, 3.8) is 0 Å². The topological polar surface area (TPSA) is 106 Å². The maximum atomic E-state index is 11.9. The highest BCUT2D eigenvalue weighted by atomic mass is 16.5. The summed E-state index contributed by atoms with van der Waals surface area (Å²) in [7, 11) is 0. The van der Waals surface area contributed by atoms with Crippen molar-refractivity contribution in [3.05, 3.63) is 42.9 Å². The van der Waals surface area contributed by atoms with Gasteiger partial charge in [-0.2, -0.15) is 4.98 Å². The Bertz CT molecular complexity index is 849. The zero-order chi connectivity index (χ0) is 17.6. The number of carbonyl (C=O) groups excluding carboxylic acids is 1. The fourth-order valence-electron chi connectivity index (χ4n) is 2.08. The number of urea groups is 1. The monoisotopic (exact) mass is 338 g/mol. The lowest BCUT2D eigenvalue weighted by atomic mass is 10.2. The van der Waals surface area contributed by atoms with Crippen molar-refractivity contribution in [2.45, 2.75) is 26.3 Å². The van der Waals surface area contributed by atoms with Gasteiger partial charge in [0.25, 0.3) is 5.89 Å². The molecule has 0 bridgehead atoms. The number of nitrogens with one attached hydrogen (secondary N) is 2. The Labute approximate surface area is 144 Å². The van der Waals surface area contributed by atoms with Crippen LogP contribution in [0, 0.1) is 0 Å². The van der Waals surface area contributed by atoms with Gasteiger partial charge in [0.15, 0.2) is 0 Å². The molecule has 2 amide bonds. The third kappa shape index (κ3) is 4.17. The SMILES string of the molecule is CC[C@H](C)NC(=O)Nc1cccc(-c2noc(-c3cnccn3)n2)c1. The van der Waals surface area contributed by atoms with E-state index in [2.05, 4.69) is 30.7 Å². The molecule has 0 saturated heterocycles. The second kappa shape index (κ2) is 7.52. The van der Waals surface area contributed by atoms with Crippen molar-refractivity contribution < 1.29 is 9.32 Å². The summed E-state index contributed by atoms with van der Waals surface area (Å²) < 4.78 is 5.23. The predicted molar refractivity (Wildman–Crippen MR) is 92.7 cm³/mol. The van der Waals surface area contributed by atoms with Gasteiger partial charge in [-0.1, -0.05) is 24.2 Å². The third-order valence-corrected chi connectivity index (χ3v) is 3.58. The van der Waals surface area contributed by atoms with Gasteiger partial charge in [0.05, 0.1) is 6.20 Å². The highest BCUT2D eigenvalue weighted by molar-refractivity contribution is 5.90. The third-order valence-electron chi connectivity index (χ3n) is 3.58. The van der Waals surface area contributed by atoms with Crippen LogP contribution in [0.3, 0.4) is 0 Å². The molecule has 2 heterocycles. The molecule has 0 spiro atoms. The average Bonchev–Trinajstić information content (AvgIpc) is 3.12. The number of benzene rings is 1. The number of amides is 2. The van der Waals surface area contributed by atoms with Crippen LogP contribution in [-0.2, 0) is 0 Å². The molecule has 25 heavy (non-hydrogen) atoms. The molecule has 3 rings (SSSR count). The van der Waals surface area contributed by atoms with E-state index in [9.17, 15) is 4.79 Å². The summed E-state index contributed by atoms with van der Waals surface area (Å²) in [5.41, 5.74) is 1.87. The number of anilines is 1. The Kier molecular flexibility index (Phi) is 4.98. The Balaban J connectivity index is 1.76. The van der Waals surface area contributed by atoms with E-state index in [1.807, 2.05) is 26.0 Å². The molecule has 8 nitrogen and oxygen atoms in total. The van der Waals surface area contributed by atoms with Crippen molar-refractivity contribution in [1.82, 2.24) is 25.4 Å². The van der Waals surface area contributed by atoms with Crippen molar-refractivity contribution >= 4 is 11.7 Å². The zero-order valence-corrected chi connectivity index (χ0v) is 13.9. The summed E-state index contributed by atoms with van der Waals surface area (Å²) in [6.45, 7) is 3.96. The summed E-state index contributed by atoms with van der Waals surface area (Å²) >= 11 is 0. The van der Waals surface area contributed by atoms with Crippen molar-refractivity contribution in [1.29, 1.82) is 0 Å². The first kappa shape index (κ1) is 16.6. The number of rotatable bonds is 5. The quantitative estimate of drug-likeness (QED) is 0.740. The number of nitrogens with zero attached hydrogens (tertiary/aromatic N) is 4. The molecule has 0 aliphatic carbocycles. The van der Waals surface area contributed by atoms with Crippen LogP contribution in [0.5, 0.6) is 0 Å². The summed E-state index contributed by atoms with van der Waals surface area (Å²) in [4.78, 5) is 24.4. The van der Waals surface area contributed by atoms with E-state index < -0.39 is 0 Å². The normalized spacial score (nSPS) is 11.8. The van der Waals surface area contributed by atoms with Crippen LogP contribution in [-0.4, -0.2) is 32.2 Å². The van der Waals surface area contributed by atoms with E-state index in [1.165, 1.54) is 0 Å². The molecule has 0 unspecified atom stereocenters. The lowest BCUT2D eigenvalue weighted by molar-refractivity contribution is 0.249. The molecule has 0 aliphatic rings. The Hall–Kier alpha value is -3.29. The summed E-state index contributed by atoms with van der Waals surface area (Å²) in [6.07, 6.45) is 5.54. The molecule has 0 fully saturated rings. The van der Waals surface area contributed by atoms with Gasteiger partial charge in [-0.3, -0.25) is 4.98 Å². The molecule has 2 N–H and O–H groups in total. The van der Waals surface area contributed by atoms with Crippen LogP contribution in [0.2, 0.25) is 0 Å². The zero-order valence-electron chi connectivity index (χ0n) is 13.9. The van der Waals surface area contributed by atoms with Gasteiger partial charge in [-0.15, -0.1) is 0 Å². The van der Waals surface area contributed by atoms with Crippen LogP contribution >= 0.6 is 0 Å². The molecule has 0 aliphatic heterocycles. The second-order valence-electron chi connectivity index (χ2n) is 5.50. The van der Waals surface area contributed by atoms with E-state index in [4.69, 9.17) is 4.52 Å². The minimum Gasteiger partial charge on any atom is -0.335 e. The molecule has 0 radical (unpaired) electrons. The van der Waals surface area contributed by atoms with E-state index in [0.717, 1.165) is 12.0 Å². The van der Waals surface area contributed by atoms with Gasteiger partial charge in [0, 0.05) is 29.7 Å². The molecule has 1 atom stereocenters.